The Morgan fingerprint density at radius 2 is 2.00 bits per heavy atom. The lowest BCUT2D eigenvalue weighted by Crippen LogP contribution is -2.67. The third-order valence-corrected chi connectivity index (χ3v) is 5.30. The number of piperazine rings is 1. The Balaban J connectivity index is 1.51. The van der Waals surface area contributed by atoms with Gasteiger partial charge >= 0.3 is 0 Å². The van der Waals surface area contributed by atoms with E-state index >= 15 is 0 Å². The number of nitriles is 1. The highest BCUT2D eigenvalue weighted by Crippen LogP contribution is 2.27. The average Bonchev–Trinajstić information content (AvgIpc) is 2.99. The molecule has 0 aromatic carbocycles. The van der Waals surface area contributed by atoms with Crippen molar-refractivity contribution in [2.45, 2.75) is 18.5 Å². The summed E-state index contributed by atoms with van der Waals surface area (Å²) >= 11 is 3.42. The first-order valence-electron chi connectivity index (χ1n) is 8.12. The van der Waals surface area contributed by atoms with Crippen LogP contribution in [0.3, 0.4) is 0 Å². The number of halogens is 1. The average molecular weight is 396 g/mol. The highest BCUT2D eigenvalue weighted by Gasteiger charge is 2.36. The van der Waals surface area contributed by atoms with Crippen LogP contribution in [0.25, 0.3) is 16.9 Å². The zero-order chi connectivity index (χ0) is 17.0. The molecule has 0 radical (unpaired) electrons. The van der Waals surface area contributed by atoms with E-state index in [1.54, 1.807) is 16.9 Å². The summed E-state index contributed by atoms with van der Waals surface area (Å²) in [6, 6.07) is 7.15. The van der Waals surface area contributed by atoms with Gasteiger partial charge in [-0.15, -0.1) is 0 Å². The third-order valence-electron chi connectivity index (χ3n) is 4.83. The summed E-state index contributed by atoms with van der Waals surface area (Å²) in [7, 11) is 0. The fourth-order valence-corrected chi connectivity index (χ4v) is 3.95. The molecule has 3 saturated heterocycles. The van der Waals surface area contributed by atoms with Gasteiger partial charge in [-0.2, -0.15) is 10.4 Å². The predicted octanol–water partition coefficient (Wildman–Crippen LogP) is 1.98. The van der Waals surface area contributed by atoms with Gasteiger partial charge in [0.15, 0.2) is 0 Å². The number of rotatable bonds is 2. The minimum Gasteiger partial charge on any atom is -0.352 e. The molecular formula is C17H14BrN7. The van der Waals surface area contributed by atoms with Gasteiger partial charge in [0.1, 0.15) is 28.8 Å². The number of nitrogens with one attached hydrogen (secondary N) is 1. The molecule has 3 aromatic heterocycles. The summed E-state index contributed by atoms with van der Waals surface area (Å²) < 4.78 is 2.59. The summed E-state index contributed by atoms with van der Waals surface area (Å²) in [5.41, 5.74) is 2.44. The summed E-state index contributed by atoms with van der Waals surface area (Å²) in [6.07, 6.45) is 6.57. The number of hydrogen-bond acceptors (Lipinski definition) is 6. The Labute approximate surface area is 152 Å². The molecule has 3 fully saturated rings. The van der Waals surface area contributed by atoms with E-state index in [1.807, 2.05) is 18.3 Å². The van der Waals surface area contributed by atoms with E-state index < -0.39 is 0 Å². The Kier molecular flexibility index (Phi) is 3.26. The molecule has 2 bridgehead atoms. The third kappa shape index (κ3) is 2.39. The van der Waals surface area contributed by atoms with Crippen LogP contribution in [0.1, 0.15) is 12.0 Å². The van der Waals surface area contributed by atoms with Crippen molar-refractivity contribution in [3.05, 3.63) is 40.8 Å². The van der Waals surface area contributed by atoms with E-state index in [2.05, 4.69) is 47.3 Å². The first-order valence-corrected chi connectivity index (χ1v) is 8.92. The van der Waals surface area contributed by atoms with Gasteiger partial charge in [0, 0.05) is 35.8 Å². The van der Waals surface area contributed by atoms with Gasteiger partial charge in [0.05, 0.1) is 17.9 Å². The van der Waals surface area contributed by atoms with Crippen LogP contribution in [0, 0.1) is 11.3 Å². The van der Waals surface area contributed by atoms with Crippen molar-refractivity contribution < 1.29 is 0 Å². The quantitative estimate of drug-likeness (QED) is 0.714. The number of piperidine rings is 1. The second kappa shape index (κ2) is 5.51. The Morgan fingerprint density at radius 1 is 1.20 bits per heavy atom. The first-order chi connectivity index (χ1) is 12.2. The van der Waals surface area contributed by atoms with Gasteiger partial charge in [-0.1, -0.05) is 0 Å². The van der Waals surface area contributed by atoms with Gasteiger partial charge in [0.25, 0.3) is 0 Å². The molecule has 0 amide bonds. The molecule has 1 N–H and O–H groups in total. The molecule has 3 aromatic rings. The molecule has 7 nitrogen and oxygen atoms in total. The second-order valence-electron chi connectivity index (χ2n) is 6.47. The highest BCUT2D eigenvalue weighted by atomic mass is 79.9. The number of aromatic nitrogens is 4. The topological polar surface area (TPSA) is 82.1 Å². The fraction of sp³-hybridized carbons (Fsp3) is 0.294. The van der Waals surface area contributed by atoms with Crippen molar-refractivity contribution in [2.24, 2.45) is 0 Å². The highest BCUT2D eigenvalue weighted by molar-refractivity contribution is 9.10. The molecule has 124 valence electrons. The van der Waals surface area contributed by atoms with E-state index in [4.69, 9.17) is 0 Å². The van der Waals surface area contributed by atoms with E-state index in [9.17, 15) is 5.26 Å². The van der Waals surface area contributed by atoms with E-state index in [0.717, 1.165) is 28.9 Å². The maximum atomic E-state index is 9.55. The monoisotopic (exact) mass is 395 g/mol. The molecular weight excluding hydrogens is 382 g/mol. The van der Waals surface area contributed by atoms with Gasteiger partial charge in [-0.05, 0) is 34.5 Å². The van der Waals surface area contributed by atoms with E-state index in [1.165, 1.54) is 6.42 Å². The molecule has 0 aliphatic carbocycles. The van der Waals surface area contributed by atoms with Crippen molar-refractivity contribution in [3.8, 4) is 17.5 Å². The molecule has 6 heterocycles. The van der Waals surface area contributed by atoms with Gasteiger partial charge in [-0.25, -0.2) is 14.5 Å². The molecule has 2 atom stereocenters. The van der Waals surface area contributed by atoms with Crippen molar-refractivity contribution in [3.63, 3.8) is 0 Å². The minimum absolute atomic E-state index is 0.512. The zero-order valence-electron chi connectivity index (χ0n) is 13.2. The van der Waals surface area contributed by atoms with Crippen LogP contribution in [0.4, 0.5) is 5.82 Å². The van der Waals surface area contributed by atoms with E-state index in [-0.39, 0.29) is 0 Å². The molecule has 2 unspecified atom stereocenters. The van der Waals surface area contributed by atoms with Crippen LogP contribution in [0.2, 0.25) is 0 Å². The number of pyridine rings is 1. The lowest BCUT2D eigenvalue weighted by atomic mass is 9.91. The molecule has 3 aliphatic rings. The summed E-state index contributed by atoms with van der Waals surface area (Å²) in [5, 5.41) is 17.6. The number of fused-ring (bicyclic) bond motifs is 3. The summed E-state index contributed by atoms with van der Waals surface area (Å²) in [4.78, 5) is 11.4. The Bertz CT molecular complexity index is 988. The largest absolute Gasteiger partial charge is 0.352 e. The zero-order valence-corrected chi connectivity index (χ0v) is 14.8. The molecule has 0 saturated carbocycles. The molecule has 0 spiro atoms. The smallest absolute Gasteiger partial charge is 0.147 e. The maximum absolute atomic E-state index is 9.55. The number of anilines is 1. The van der Waals surface area contributed by atoms with Crippen LogP contribution in [0.5, 0.6) is 0 Å². The van der Waals surface area contributed by atoms with Gasteiger partial charge in [-0.3, -0.25) is 0 Å². The Hall–Kier alpha value is -2.50. The van der Waals surface area contributed by atoms with E-state index in [0.29, 0.717) is 29.0 Å². The molecule has 3 aliphatic heterocycles. The van der Waals surface area contributed by atoms with Crippen LogP contribution in [0.15, 0.2) is 35.2 Å². The normalized spacial score (nSPS) is 21.8. The van der Waals surface area contributed by atoms with Crippen molar-refractivity contribution >= 4 is 27.3 Å². The molecule has 6 rings (SSSR count). The van der Waals surface area contributed by atoms with Crippen LogP contribution >= 0.6 is 15.9 Å². The summed E-state index contributed by atoms with van der Waals surface area (Å²) in [5.74, 6) is 0.880. The van der Waals surface area contributed by atoms with Crippen LogP contribution in [-0.2, 0) is 0 Å². The molecule has 8 heteroatoms. The van der Waals surface area contributed by atoms with Gasteiger partial charge < -0.3 is 10.2 Å². The summed E-state index contributed by atoms with van der Waals surface area (Å²) in [6.45, 7) is 1.94. The lowest BCUT2D eigenvalue weighted by molar-refractivity contribution is 0.225. The number of hydrogen-bond donors (Lipinski definition) is 1. The Morgan fingerprint density at radius 3 is 2.68 bits per heavy atom. The lowest BCUT2D eigenvalue weighted by Gasteiger charge is -2.48. The minimum atomic E-state index is 0.512. The predicted molar refractivity (Wildman–Crippen MR) is 96.2 cm³/mol. The first kappa shape index (κ1) is 14.8. The number of nitrogens with zero attached hydrogens (tertiary/aromatic N) is 6. The second-order valence-corrected chi connectivity index (χ2v) is 7.39. The van der Waals surface area contributed by atoms with Crippen molar-refractivity contribution in [1.29, 1.82) is 5.26 Å². The SMILES string of the molecule is N#Cc1c(-c2cnc(N3CC4CC(C3)N4)cn2)nn2cc(Br)ccc12. The molecule has 25 heavy (non-hydrogen) atoms. The van der Waals surface area contributed by atoms with Crippen molar-refractivity contribution in [2.75, 3.05) is 18.0 Å². The van der Waals surface area contributed by atoms with Crippen LogP contribution < -0.4 is 10.2 Å². The fourth-order valence-electron chi connectivity index (χ4n) is 3.62. The van der Waals surface area contributed by atoms with Crippen molar-refractivity contribution in [1.82, 2.24) is 24.9 Å². The van der Waals surface area contributed by atoms with Gasteiger partial charge in [0.2, 0.25) is 0 Å². The van der Waals surface area contributed by atoms with Crippen LogP contribution in [-0.4, -0.2) is 44.8 Å². The standard InChI is InChI=1S/C17H14BrN7/c18-10-1-2-15-13(4-19)17(23-25(15)7-10)14-5-21-16(6-20-14)24-8-11-3-12(9-24)22-11/h1-2,5-7,11-12,22H,3,8-9H2. The maximum Gasteiger partial charge on any atom is 0.147 e.